The van der Waals surface area contributed by atoms with Crippen molar-refractivity contribution in [3.05, 3.63) is 12.2 Å². The summed E-state index contributed by atoms with van der Waals surface area (Å²) in [4.78, 5) is 0. The zero-order valence-electron chi connectivity index (χ0n) is 10.7. The highest BCUT2D eigenvalue weighted by Gasteiger charge is 2.33. The second-order valence-electron chi connectivity index (χ2n) is 5.97. The molecule has 1 saturated carbocycles. The van der Waals surface area contributed by atoms with Crippen LogP contribution in [0.5, 0.6) is 0 Å². The van der Waals surface area contributed by atoms with Crippen LogP contribution in [0.1, 0.15) is 52.9 Å². The predicted molar refractivity (Wildman–Crippen MR) is 67.7 cm³/mol. The molecule has 15 heavy (non-hydrogen) atoms. The third-order valence-electron chi connectivity index (χ3n) is 4.03. The van der Waals surface area contributed by atoms with E-state index in [-0.39, 0.29) is 0 Å². The molecule has 2 atom stereocenters. The van der Waals surface area contributed by atoms with E-state index in [1.54, 1.807) is 0 Å². The van der Waals surface area contributed by atoms with Crippen molar-refractivity contribution >= 4 is 0 Å². The lowest BCUT2D eigenvalue weighted by molar-refractivity contribution is 0.121. The Labute approximate surface area is 95.1 Å². The third kappa shape index (κ3) is 3.64. The molecule has 0 amide bonds. The number of rotatable bonds is 4. The van der Waals surface area contributed by atoms with Crippen molar-refractivity contribution in [1.29, 1.82) is 0 Å². The molecule has 2 unspecified atom stereocenters. The van der Waals surface area contributed by atoms with Gasteiger partial charge < -0.3 is 5.73 Å². The highest BCUT2D eigenvalue weighted by atomic mass is 14.6. The molecule has 0 bridgehead atoms. The van der Waals surface area contributed by atoms with E-state index in [1.807, 2.05) is 0 Å². The largest absolute Gasteiger partial charge is 0.330 e. The zero-order valence-corrected chi connectivity index (χ0v) is 10.7. The highest BCUT2D eigenvalue weighted by molar-refractivity contribution is 4.98. The lowest BCUT2D eigenvalue weighted by atomic mass is 9.65. The van der Waals surface area contributed by atoms with E-state index >= 15 is 0 Å². The summed E-state index contributed by atoms with van der Waals surface area (Å²) >= 11 is 0. The number of hydrogen-bond acceptors (Lipinski definition) is 1. The third-order valence-corrected chi connectivity index (χ3v) is 4.03. The molecule has 0 aliphatic heterocycles. The van der Waals surface area contributed by atoms with Gasteiger partial charge in [0.2, 0.25) is 0 Å². The molecule has 1 aliphatic rings. The van der Waals surface area contributed by atoms with Gasteiger partial charge in [0.15, 0.2) is 0 Å². The SMILES string of the molecule is C=C(CC)CC1CC(C)(C)CCC1CN. The van der Waals surface area contributed by atoms with Crippen molar-refractivity contribution in [1.82, 2.24) is 0 Å². The van der Waals surface area contributed by atoms with Crippen LogP contribution in [0.25, 0.3) is 0 Å². The first-order valence-corrected chi connectivity index (χ1v) is 6.35. The summed E-state index contributed by atoms with van der Waals surface area (Å²) < 4.78 is 0. The van der Waals surface area contributed by atoms with Crippen molar-refractivity contribution < 1.29 is 0 Å². The van der Waals surface area contributed by atoms with Gasteiger partial charge in [-0.3, -0.25) is 0 Å². The smallest absolute Gasteiger partial charge is 0.00461 e. The van der Waals surface area contributed by atoms with Gasteiger partial charge in [0, 0.05) is 0 Å². The van der Waals surface area contributed by atoms with Gasteiger partial charge >= 0.3 is 0 Å². The van der Waals surface area contributed by atoms with Gasteiger partial charge in [-0.15, -0.1) is 0 Å². The first kappa shape index (κ1) is 12.8. The maximum absolute atomic E-state index is 5.87. The molecule has 88 valence electrons. The van der Waals surface area contributed by atoms with E-state index in [0.717, 1.165) is 24.8 Å². The minimum atomic E-state index is 0.518. The van der Waals surface area contributed by atoms with Crippen LogP contribution < -0.4 is 5.73 Å². The molecule has 0 spiro atoms. The highest BCUT2D eigenvalue weighted by Crippen LogP contribution is 2.43. The molecule has 0 aromatic rings. The predicted octanol–water partition coefficient (Wildman–Crippen LogP) is 3.74. The Morgan fingerprint density at radius 1 is 1.40 bits per heavy atom. The Morgan fingerprint density at radius 3 is 2.60 bits per heavy atom. The topological polar surface area (TPSA) is 26.0 Å². The van der Waals surface area contributed by atoms with Crippen LogP contribution in [0.2, 0.25) is 0 Å². The van der Waals surface area contributed by atoms with Crippen LogP contribution in [-0.4, -0.2) is 6.54 Å². The first-order chi connectivity index (χ1) is 6.98. The quantitative estimate of drug-likeness (QED) is 0.701. The maximum Gasteiger partial charge on any atom is -0.00461 e. The molecule has 2 N–H and O–H groups in total. The lowest BCUT2D eigenvalue weighted by Crippen LogP contribution is -2.34. The summed E-state index contributed by atoms with van der Waals surface area (Å²) in [6.07, 6.45) is 6.29. The number of nitrogens with two attached hydrogens (primary N) is 1. The molecular weight excluding hydrogens is 182 g/mol. The molecule has 1 aliphatic carbocycles. The molecule has 1 rings (SSSR count). The second kappa shape index (κ2) is 5.16. The first-order valence-electron chi connectivity index (χ1n) is 6.35. The van der Waals surface area contributed by atoms with Crippen LogP contribution in [-0.2, 0) is 0 Å². The fourth-order valence-electron chi connectivity index (χ4n) is 2.85. The van der Waals surface area contributed by atoms with Crippen molar-refractivity contribution in [3.8, 4) is 0 Å². The van der Waals surface area contributed by atoms with E-state index in [9.17, 15) is 0 Å². The normalized spacial score (nSPS) is 30.1. The summed E-state index contributed by atoms with van der Waals surface area (Å²) in [7, 11) is 0. The van der Waals surface area contributed by atoms with Crippen LogP contribution in [0.15, 0.2) is 12.2 Å². The summed E-state index contributed by atoms with van der Waals surface area (Å²) in [5.41, 5.74) is 7.79. The summed E-state index contributed by atoms with van der Waals surface area (Å²) in [6, 6.07) is 0. The van der Waals surface area contributed by atoms with Gasteiger partial charge in [-0.2, -0.15) is 0 Å². The van der Waals surface area contributed by atoms with Crippen LogP contribution in [0.3, 0.4) is 0 Å². The summed E-state index contributed by atoms with van der Waals surface area (Å²) in [5, 5.41) is 0. The maximum atomic E-state index is 5.87. The average molecular weight is 209 g/mol. The molecule has 1 heteroatoms. The van der Waals surface area contributed by atoms with E-state index in [4.69, 9.17) is 5.73 Å². The van der Waals surface area contributed by atoms with Crippen molar-refractivity contribution in [2.45, 2.75) is 52.9 Å². The molecule has 0 aromatic heterocycles. The Morgan fingerprint density at radius 2 is 2.07 bits per heavy atom. The molecule has 0 aromatic carbocycles. The van der Waals surface area contributed by atoms with Crippen molar-refractivity contribution in [3.63, 3.8) is 0 Å². The van der Waals surface area contributed by atoms with Gasteiger partial charge in [-0.05, 0) is 55.9 Å². The van der Waals surface area contributed by atoms with Crippen LogP contribution >= 0.6 is 0 Å². The Kier molecular flexibility index (Phi) is 4.39. The number of allylic oxidation sites excluding steroid dienone is 1. The Hall–Kier alpha value is -0.300. The van der Waals surface area contributed by atoms with Crippen LogP contribution in [0, 0.1) is 17.3 Å². The van der Waals surface area contributed by atoms with Gasteiger partial charge in [0.05, 0.1) is 0 Å². The molecule has 1 nitrogen and oxygen atoms in total. The Balaban J connectivity index is 2.59. The second-order valence-corrected chi connectivity index (χ2v) is 5.97. The molecule has 0 heterocycles. The standard InChI is InChI=1S/C14H27N/c1-5-11(2)8-13-9-14(3,4)7-6-12(13)10-15/h12-13H,2,5-10,15H2,1,3-4H3. The van der Waals surface area contributed by atoms with Gasteiger partial charge in [-0.25, -0.2) is 0 Å². The van der Waals surface area contributed by atoms with E-state index in [2.05, 4.69) is 27.4 Å². The summed E-state index contributed by atoms with van der Waals surface area (Å²) in [5.74, 6) is 1.52. The Bertz CT molecular complexity index is 217. The van der Waals surface area contributed by atoms with Gasteiger partial charge in [0.25, 0.3) is 0 Å². The van der Waals surface area contributed by atoms with Gasteiger partial charge in [-0.1, -0.05) is 32.9 Å². The van der Waals surface area contributed by atoms with Crippen molar-refractivity contribution in [2.75, 3.05) is 6.54 Å². The van der Waals surface area contributed by atoms with E-state index in [1.165, 1.54) is 31.3 Å². The summed E-state index contributed by atoms with van der Waals surface area (Å²) in [6.45, 7) is 12.0. The molecule has 0 radical (unpaired) electrons. The minimum absolute atomic E-state index is 0.518. The molecule has 1 fully saturated rings. The van der Waals surface area contributed by atoms with E-state index in [0.29, 0.717) is 5.41 Å². The van der Waals surface area contributed by atoms with Crippen LogP contribution in [0.4, 0.5) is 0 Å². The average Bonchev–Trinajstić information content (AvgIpc) is 2.17. The molecule has 0 saturated heterocycles. The number of hydrogen-bond donors (Lipinski definition) is 1. The molecular formula is C14H27N. The minimum Gasteiger partial charge on any atom is -0.330 e. The lowest BCUT2D eigenvalue weighted by Gasteiger charge is -2.40. The zero-order chi connectivity index (χ0) is 11.5. The van der Waals surface area contributed by atoms with E-state index < -0.39 is 0 Å². The fraction of sp³-hybridized carbons (Fsp3) is 0.857. The van der Waals surface area contributed by atoms with Crippen molar-refractivity contribution in [2.24, 2.45) is 23.0 Å². The van der Waals surface area contributed by atoms with Gasteiger partial charge in [0.1, 0.15) is 0 Å². The monoisotopic (exact) mass is 209 g/mol. The fourth-order valence-corrected chi connectivity index (χ4v) is 2.85.